The summed E-state index contributed by atoms with van der Waals surface area (Å²) in [6, 6.07) is 7.94. The average molecular weight is 261 g/mol. The number of carbonyl (C=O) groups excluding carboxylic acids is 1. The zero-order valence-corrected chi connectivity index (χ0v) is 12.1. The first-order valence-electron chi connectivity index (χ1n) is 7.04. The van der Waals surface area contributed by atoms with Crippen molar-refractivity contribution in [3.63, 3.8) is 0 Å². The summed E-state index contributed by atoms with van der Waals surface area (Å²) in [5.74, 6) is 0.123. The van der Waals surface area contributed by atoms with Crippen LogP contribution in [0.25, 0.3) is 0 Å². The molecule has 0 saturated carbocycles. The molecular formula is C16H23NO2. The van der Waals surface area contributed by atoms with Gasteiger partial charge in [-0.1, -0.05) is 26.0 Å². The lowest BCUT2D eigenvalue weighted by molar-refractivity contribution is -0.110. The molecule has 1 heterocycles. The molecule has 0 atom stereocenters. The van der Waals surface area contributed by atoms with Crippen LogP contribution >= 0.6 is 0 Å². The first-order valence-corrected chi connectivity index (χ1v) is 7.04. The third kappa shape index (κ3) is 3.16. The van der Waals surface area contributed by atoms with Crippen LogP contribution in [0, 0.1) is 5.41 Å². The van der Waals surface area contributed by atoms with E-state index in [2.05, 4.69) is 13.8 Å². The van der Waals surface area contributed by atoms with E-state index in [0.29, 0.717) is 0 Å². The second kappa shape index (κ2) is 5.74. The van der Waals surface area contributed by atoms with Gasteiger partial charge in [-0.05, 0) is 31.0 Å². The van der Waals surface area contributed by atoms with Gasteiger partial charge in [-0.3, -0.25) is 4.79 Å². The molecule has 1 amide bonds. The van der Waals surface area contributed by atoms with Gasteiger partial charge in [0.25, 0.3) is 5.91 Å². The maximum atomic E-state index is 12.5. The quantitative estimate of drug-likeness (QED) is 0.815. The molecule has 1 saturated heterocycles. The highest BCUT2D eigenvalue weighted by molar-refractivity contribution is 5.94. The van der Waals surface area contributed by atoms with Gasteiger partial charge in [0.2, 0.25) is 0 Å². The van der Waals surface area contributed by atoms with Crippen LogP contribution in [0.15, 0.2) is 24.3 Å². The number of hydrogen-bond donors (Lipinski definition) is 0. The fourth-order valence-electron chi connectivity index (χ4n) is 2.40. The summed E-state index contributed by atoms with van der Waals surface area (Å²) < 4.78 is 5.26. The van der Waals surface area contributed by atoms with E-state index in [0.717, 1.165) is 38.3 Å². The zero-order valence-electron chi connectivity index (χ0n) is 12.1. The third-order valence-electron chi connectivity index (χ3n) is 3.75. The van der Waals surface area contributed by atoms with Crippen molar-refractivity contribution in [3.05, 3.63) is 35.4 Å². The minimum atomic E-state index is 0.123. The highest BCUT2D eigenvalue weighted by Gasteiger charge is 2.36. The minimum Gasteiger partial charge on any atom is -0.380 e. The standard InChI is InChI=1S/C16H23NO2/c1-4-13-6-8-14(9-7-13)15(18)17(5-2)10-16(3)11-19-12-16/h6-9H,4-5,10-12H2,1-3H3. The predicted molar refractivity (Wildman–Crippen MR) is 76.3 cm³/mol. The Morgan fingerprint density at radius 3 is 2.32 bits per heavy atom. The van der Waals surface area contributed by atoms with Crippen molar-refractivity contribution < 1.29 is 9.53 Å². The van der Waals surface area contributed by atoms with Crippen LogP contribution in [0.5, 0.6) is 0 Å². The summed E-state index contributed by atoms with van der Waals surface area (Å²) in [6.45, 7) is 9.35. The molecule has 2 rings (SSSR count). The molecule has 0 spiro atoms. The lowest BCUT2D eigenvalue weighted by Gasteiger charge is -2.41. The highest BCUT2D eigenvalue weighted by Crippen LogP contribution is 2.28. The Hall–Kier alpha value is -1.35. The van der Waals surface area contributed by atoms with E-state index >= 15 is 0 Å². The van der Waals surface area contributed by atoms with E-state index in [1.54, 1.807) is 0 Å². The first kappa shape index (κ1) is 14.1. The van der Waals surface area contributed by atoms with Crippen LogP contribution in [-0.2, 0) is 11.2 Å². The Balaban J connectivity index is 2.06. The number of benzene rings is 1. The average Bonchev–Trinajstić information content (AvgIpc) is 2.42. The topological polar surface area (TPSA) is 29.5 Å². The Morgan fingerprint density at radius 2 is 1.89 bits per heavy atom. The van der Waals surface area contributed by atoms with Crippen molar-refractivity contribution in [3.8, 4) is 0 Å². The Kier molecular flexibility index (Phi) is 4.25. The van der Waals surface area contributed by atoms with Crippen molar-refractivity contribution in [2.45, 2.75) is 27.2 Å². The van der Waals surface area contributed by atoms with Crippen LogP contribution in [0.4, 0.5) is 0 Å². The predicted octanol–water partition coefficient (Wildman–Crippen LogP) is 2.75. The number of hydrogen-bond acceptors (Lipinski definition) is 2. The number of carbonyl (C=O) groups is 1. The van der Waals surface area contributed by atoms with Gasteiger partial charge in [-0.2, -0.15) is 0 Å². The van der Waals surface area contributed by atoms with Crippen LogP contribution in [-0.4, -0.2) is 37.1 Å². The fourth-order valence-corrected chi connectivity index (χ4v) is 2.40. The molecule has 0 N–H and O–H groups in total. The van der Waals surface area contributed by atoms with Crippen LogP contribution in [0.2, 0.25) is 0 Å². The lowest BCUT2D eigenvalue weighted by atomic mass is 9.88. The number of rotatable bonds is 5. The van der Waals surface area contributed by atoms with E-state index in [-0.39, 0.29) is 11.3 Å². The van der Waals surface area contributed by atoms with Crippen molar-refractivity contribution in [2.75, 3.05) is 26.3 Å². The van der Waals surface area contributed by atoms with Gasteiger partial charge in [-0.15, -0.1) is 0 Å². The van der Waals surface area contributed by atoms with Gasteiger partial charge in [0.1, 0.15) is 0 Å². The summed E-state index contributed by atoms with van der Waals surface area (Å²) >= 11 is 0. The molecule has 3 nitrogen and oxygen atoms in total. The van der Waals surface area contributed by atoms with Crippen molar-refractivity contribution in [2.24, 2.45) is 5.41 Å². The summed E-state index contributed by atoms with van der Waals surface area (Å²) in [7, 11) is 0. The molecule has 1 aromatic carbocycles. The molecule has 0 bridgehead atoms. The maximum Gasteiger partial charge on any atom is 0.253 e. The van der Waals surface area contributed by atoms with Crippen molar-refractivity contribution in [1.82, 2.24) is 4.90 Å². The zero-order chi connectivity index (χ0) is 13.9. The summed E-state index contributed by atoms with van der Waals surface area (Å²) in [4.78, 5) is 14.4. The molecular weight excluding hydrogens is 238 g/mol. The SMILES string of the molecule is CCc1ccc(C(=O)N(CC)CC2(C)COC2)cc1. The number of aryl methyl sites for hydroxylation is 1. The molecule has 3 heteroatoms. The fraction of sp³-hybridized carbons (Fsp3) is 0.562. The smallest absolute Gasteiger partial charge is 0.253 e. The second-order valence-corrected chi connectivity index (χ2v) is 5.67. The van der Waals surface area contributed by atoms with E-state index in [1.807, 2.05) is 36.1 Å². The van der Waals surface area contributed by atoms with Gasteiger partial charge >= 0.3 is 0 Å². The van der Waals surface area contributed by atoms with Crippen LogP contribution in [0.1, 0.15) is 36.7 Å². The molecule has 1 aromatic rings. The van der Waals surface area contributed by atoms with Gasteiger partial charge in [0, 0.05) is 24.1 Å². The lowest BCUT2D eigenvalue weighted by Crippen LogP contribution is -2.50. The van der Waals surface area contributed by atoms with Gasteiger partial charge < -0.3 is 9.64 Å². The summed E-state index contributed by atoms with van der Waals surface area (Å²) in [5, 5.41) is 0. The minimum absolute atomic E-state index is 0.123. The largest absolute Gasteiger partial charge is 0.380 e. The number of ether oxygens (including phenoxy) is 1. The third-order valence-corrected chi connectivity index (χ3v) is 3.75. The number of nitrogens with zero attached hydrogens (tertiary/aromatic N) is 1. The number of amides is 1. The van der Waals surface area contributed by atoms with Gasteiger partial charge in [-0.25, -0.2) is 0 Å². The molecule has 1 fully saturated rings. The van der Waals surface area contributed by atoms with E-state index in [1.165, 1.54) is 5.56 Å². The summed E-state index contributed by atoms with van der Waals surface area (Å²) in [6.07, 6.45) is 1.00. The normalized spacial score (nSPS) is 16.8. The van der Waals surface area contributed by atoms with E-state index in [4.69, 9.17) is 4.74 Å². The van der Waals surface area contributed by atoms with E-state index < -0.39 is 0 Å². The maximum absolute atomic E-state index is 12.5. The molecule has 1 aliphatic rings. The Morgan fingerprint density at radius 1 is 1.26 bits per heavy atom. The molecule has 0 aromatic heterocycles. The molecule has 0 radical (unpaired) electrons. The van der Waals surface area contributed by atoms with E-state index in [9.17, 15) is 4.79 Å². The van der Waals surface area contributed by atoms with Crippen molar-refractivity contribution in [1.29, 1.82) is 0 Å². The molecule has 1 aliphatic heterocycles. The Labute approximate surface area is 115 Å². The second-order valence-electron chi connectivity index (χ2n) is 5.67. The molecule has 19 heavy (non-hydrogen) atoms. The van der Waals surface area contributed by atoms with Crippen LogP contribution < -0.4 is 0 Å². The Bertz CT molecular complexity index is 435. The summed E-state index contributed by atoms with van der Waals surface area (Å²) in [5.41, 5.74) is 2.18. The highest BCUT2D eigenvalue weighted by atomic mass is 16.5. The molecule has 0 unspecified atom stereocenters. The van der Waals surface area contributed by atoms with Crippen molar-refractivity contribution >= 4 is 5.91 Å². The first-order chi connectivity index (χ1) is 9.08. The van der Waals surface area contributed by atoms with Crippen LogP contribution in [0.3, 0.4) is 0 Å². The monoisotopic (exact) mass is 261 g/mol. The van der Waals surface area contributed by atoms with Gasteiger partial charge in [0.15, 0.2) is 0 Å². The molecule has 0 aliphatic carbocycles. The van der Waals surface area contributed by atoms with Gasteiger partial charge in [0.05, 0.1) is 13.2 Å². The molecule has 104 valence electrons.